The third-order valence-corrected chi connectivity index (χ3v) is 5.34. The maximum absolute atomic E-state index is 13.2. The van der Waals surface area contributed by atoms with Crippen molar-refractivity contribution in [2.45, 2.75) is 25.3 Å². The number of carbonyl (C=O) groups excluding carboxylic acids is 1. The minimum Gasteiger partial charge on any atom is -0.309 e. The van der Waals surface area contributed by atoms with Crippen molar-refractivity contribution in [2.24, 2.45) is 5.92 Å². The Kier molecular flexibility index (Phi) is 6.59. The molecule has 2 aromatic rings. The van der Waals surface area contributed by atoms with E-state index >= 15 is 0 Å². The molecule has 0 radical (unpaired) electrons. The quantitative estimate of drug-likeness (QED) is 0.524. The average Bonchev–Trinajstić information content (AvgIpc) is 3.09. The molecule has 26 heavy (non-hydrogen) atoms. The number of likely N-dealkylation sites (tertiary alicyclic amines) is 1. The summed E-state index contributed by atoms with van der Waals surface area (Å²) in [7, 11) is 4.24. The number of ketones is 1. The van der Waals surface area contributed by atoms with Crippen molar-refractivity contribution >= 4 is 5.78 Å². The first kappa shape index (κ1) is 18.8. The molecular formula is C23H30N2O. The van der Waals surface area contributed by atoms with Crippen molar-refractivity contribution in [1.29, 1.82) is 0 Å². The summed E-state index contributed by atoms with van der Waals surface area (Å²) in [4.78, 5) is 17.9. The monoisotopic (exact) mass is 350 g/mol. The van der Waals surface area contributed by atoms with E-state index in [1.807, 2.05) is 36.4 Å². The molecule has 0 N–H and O–H groups in total. The second kappa shape index (κ2) is 9.11. The summed E-state index contributed by atoms with van der Waals surface area (Å²) in [5.41, 5.74) is 2.11. The zero-order valence-corrected chi connectivity index (χ0v) is 16.0. The van der Waals surface area contributed by atoms with Crippen molar-refractivity contribution in [2.75, 3.05) is 33.7 Å². The average molecular weight is 351 g/mol. The van der Waals surface area contributed by atoms with E-state index in [2.05, 4.69) is 48.2 Å². The van der Waals surface area contributed by atoms with Crippen LogP contribution in [0.3, 0.4) is 0 Å². The lowest BCUT2D eigenvalue weighted by molar-refractivity contribution is 0.0880. The van der Waals surface area contributed by atoms with Crippen LogP contribution in [-0.2, 0) is 0 Å². The first-order valence-corrected chi connectivity index (χ1v) is 9.70. The molecule has 2 aromatic carbocycles. The molecule has 3 heteroatoms. The molecule has 1 fully saturated rings. The number of carbonyl (C=O) groups is 1. The van der Waals surface area contributed by atoms with Crippen LogP contribution in [-0.4, -0.2) is 49.3 Å². The predicted molar refractivity (Wildman–Crippen MR) is 107 cm³/mol. The van der Waals surface area contributed by atoms with Crippen LogP contribution in [0.5, 0.6) is 0 Å². The number of hydrogen-bond donors (Lipinski definition) is 0. The van der Waals surface area contributed by atoms with Gasteiger partial charge in [-0.3, -0.25) is 9.69 Å². The van der Waals surface area contributed by atoms with E-state index in [1.165, 1.54) is 18.4 Å². The fourth-order valence-corrected chi connectivity index (χ4v) is 4.03. The van der Waals surface area contributed by atoms with E-state index in [-0.39, 0.29) is 17.7 Å². The Balaban J connectivity index is 1.75. The van der Waals surface area contributed by atoms with E-state index in [0.29, 0.717) is 0 Å². The molecule has 0 amide bonds. The summed E-state index contributed by atoms with van der Waals surface area (Å²) in [6, 6.07) is 20.5. The first-order chi connectivity index (χ1) is 12.7. The second-order valence-corrected chi connectivity index (χ2v) is 7.53. The van der Waals surface area contributed by atoms with Gasteiger partial charge in [0, 0.05) is 17.5 Å². The van der Waals surface area contributed by atoms with Crippen LogP contribution < -0.4 is 0 Å². The Bertz CT molecular complexity index is 684. The molecule has 2 atom stereocenters. The predicted octanol–water partition coefficient (Wildman–Crippen LogP) is 4.27. The zero-order valence-electron chi connectivity index (χ0n) is 16.0. The number of rotatable bonds is 8. The van der Waals surface area contributed by atoms with Crippen molar-refractivity contribution < 1.29 is 4.79 Å². The fraction of sp³-hybridized carbons (Fsp3) is 0.435. The van der Waals surface area contributed by atoms with Crippen LogP contribution in [0.2, 0.25) is 0 Å². The van der Waals surface area contributed by atoms with Crippen LogP contribution in [0.4, 0.5) is 0 Å². The lowest BCUT2D eigenvalue weighted by atomic mass is 9.87. The third kappa shape index (κ3) is 4.60. The number of Topliss-reactive ketones (excluding diaryl/α,β-unsaturated/α-hetero) is 1. The minimum absolute atomic E-state index is 0.0497. The van der Waals surface area contributed by atoms with Crippen LogP contribution in [0.15, 0.2) is 60.7 Å². The highest BCUT2D eigenvalue weighted by molar-refractivity contribution is 5.98. The molecule has 0 spiro atoms. The Morgan fingerprint density at radius 2 is 1.65 bits per heavy atom. The maximum atomic E-state index is 13.2. The van der Waals surface area contributed by atoms with Crippen LogP contribution in [0.25, 0.3) is 0 Å². The lowest BCUT2D eigenvalue weighted by Gasteiger charge is -2.28. The molecule has 1 heterocycles. The van der Waals surface area contributed by atoms with Gasteiger partial charge in [0.1, 0.15) is 0 Å². The van der Waals surface area contributed by atoms with E-state index in [9.17, 15) is 4.79 Å². The highest BCUT2D eigenvalue weighted by atomic mass is 16.1. The Hall–Kier alpha value is -1.97. The van der Waals surface area contributed by atoms with Gasteiger partial charge in [-0.05, 0) is 58.6 Å². The largest absolute Gasteiger partial charge is 0.309 e. The van der Waals surface area contributed by atoms with Gasteiger partial charge in [-0.25, -0.2) is 0 Å². The highest BCUT2D eigenvalue weighted by Gasteiger charge is 2.39. The molecule has 1 aliphatic rings. The molecule has 3 nitrogen and oxygen atoms in total. The van der Waals surface area contributed by atoms with Gasteiger partial charge >= 0.3 is 0 Å². The summed E-state index contributed by atoms with van der Waals surface area (Å²) < 4.78 is 0. The molecule has 0 aromatic heterocycles. The smallest absolute Gasteiger partial charge is 0.167 e. The summed E-state index contributed by atoms with van der Waals surface area (Å²) in [6.07, 6.45) is 3.32. The topological polar surface area (TPSA) is 23.6 Å². The van der Waals surface area contributed by atoms with Gasteiger partial charge in [-0.15, -0.1) is 0 Å². The van der Waals surface area contributed by atoms with Crippen molar-refractivity contribution in [1.82, 2.24) is 9.80 Å². The van der Waals surface area contributed by atoms with Crippen molar-refractivity contribution in [3.8, 4) is 0 Å². The molecule has 1 saturated heterocycles. The van der Waals surface area contributed by atoms with Gasteiger partial charge in [-0.2, -0.15) is 0 Å². The normalized spacial score (nSPS) is 20.6. The van der Waals surface area contributed by atoms with Crippen LogP contribution >= 0.6 is 0 Å². The molecule has 1 aliphatic heterocycles. The molecule has 0 saturated carbocycles. The fourth-order valence-electron chi connectivity index (χ4n) is 4.03. The minimum atomic E-state index is 0.0497. The van der Waals surface area contributed by atoms with Gasteiger partial charge < -0.3 is 4.90 Å². The van der Waals surface area contributed by atoms with Crippen LogP contribution in [0.1, 0.15) is 41.2 Å². The molecule has 0 unspecified atom stereocenters. The van der Waals surface area contributed by atoms with E-state index in [0.717, 1.165) is 31.6 Å². The van der Waals surface area contributed by atoms with Crippen LogP contribution in [0, 0.1) is 5.92 Å². The molecule has 0 bridgehead atoms. The number of nitrogens with zero attached hydrogens (tertiary/aromatic N) is 2. The lowest BCUT2D eigenvalue weighted by Crippen LogP contribution is -2.29. The summed E-state index contributed by atoms with van der Waals surface area (Å²) >= 11 is 0. The Labute approximate surface area is 157 Å². The number of benzene rings is 2. The molecule has 138 valence electrons. The Morgan fingerprint density at radius 1 is 1.00 bits per heavy atom. The Morgan fingerprint density at radius 3 is 2.31 bits per heavy atom. The van der Waals surface area contributed by atoms with E-state index in [1.54, 1.807) is 0 Å². The zero-order chi connectivity index (χ0) is 18.4. The van der Waals surface area contributed by atoms with Gasteiger partial charge in [0.2, 0.25) is 0 Å². The first-order valence-electron chi connectivity index (χ1n) is 9.70. The molecular weight excluding hydrogens is 320 g/mol. The second-order valence-electron chi connectivity index (χ2n) is 7.53. The molecule has 3 rings (SSSR count). The van der Waals surface area contributed by atoms with E-state index < -0.39 is 0 Å². The van der Waals surface area contributed by atoms with Gasteiger partial charge in [-0.1, -0.05) is 60.7 Å². The van der Waals surface area contributed by atoms with Gasteiger partial charge in [0.05, 0.1) is 0 Å². The highest BCUT2D eigenvalue weighted by Crippen LogP contribution is 2.39. The number of unbranched alkanes of at least 4 members (excludes halogenated alkanes) is 1. The standard InChI is InChI=1S/C23H30N2O/c1-24(2)16-9-10-17-25-18-15-21(22(25)19-11-5-3-6-12-19)23(26)20-13-7-4-8-14-20/h3-8,11-14,21-22H,9-10,15-18H2,1-2H3/t21-,22+/m0/s1. The molecule has 0 aliphatic carbocycles. The van der Waals surface area contributed by atoms with Gasteiger partial charge in [0.25, 0.3) is 0 Å². The SMILES string of the molecule is CN(C)CCCCN1CC[C@H](C(=O)c2ccccc2)[C@H]1c1ccccc1. The number of hydrogen-bond acceptors (Lipinski definition) is 3. The third-order valence-electron chi connectivity index (χ3n) is 5.34. The van der Waals surface area contributed by atoms with Gasteiger partial charge in [0.15, 0.2) is 5.78 Å². The summed E-state index contributed by atoms with van der Waals surface area (Å²) in [6.45, 7) is 3.19. The van der Waals surface area contributed by atoms with Crippen molar-refractivity contribution in [3.63, 3.8) is 0 Å². The summed E-state index contributed by atoms with van der Waals surface area (Å²) in [5, 5.41) is 0. The van der Waals surface area contributed by atoms with Crippen molar-refractivity contribution in [3.05, 3.63) is 71.8 Å². The summed E-state index contributed by atoms with van der Waals surface area (Å²) in [5.74, 6) is 0.337. The van der Waals surface area contributed by atoms with E-state index in [4.69, 9.17) is 0 Å². The maximum Gasteiger partial charge on any atom is 0.167 e.